The predicted molar refractivity (Wildman–Crippen MR) is 83.9 cm³/mol. The molecule has 2 rings (SSSR count). The molecule has 0 radical (unpaired) electrons. The summed E-state index contributed by atoms with van der Waals surface area (Å²) >= 11 is 1.82. The normalized spacial score (nSPS) is 14.7. The van der Waals surface area contributed by atoms with Crippen LogP contribution in [0, 0.1) is 0 Å². The third-order valence-electron chi connectivity index (χ3n) is 3.52. The van der Waals surface area contributed by atoms with Crippen molar-refractivity contribution in [3.05, 3.63) is 35.2 Å². The van der Waals surface area contributed by atoms with Crippen LogP contribution in [0.25, 0.3) is 10.1 Å². The van der Waals surface area contributed by atoms with Crippen LogP contribution in [-0.2, 0) is 4.74 Å². The van der Waals surface area contributed by atoms with Crippen LogP contribution in [0.3, 0.4) is 0 Å². The van der Waals surface area contributed by atoms with Crippen molar-refractivity contribution in [2.24, 2.45) is 0 Å². The number of rotatable bonds is 7. The molecule has 3 heteroatoms. The first-order valence-electron chi connectivity index (χ1n) is 7.04. The van der Waals surface area contributed by atoms with Gasteiger partial charge in [0, 0.05) is 11.8 Å². The van der Waals surface area contributed by atoms with E-state index in [1.54, 1.807) is 0 Å². The standard InChI is InChI=1S/C16H23NOS/c1-4-7-14(18-3)15(17-5-2)13-9-6-8-12-10-11-19-16(12)13/h6,8-11,14-15,17H,4-5,7H2,1-3H3. The zero-order chi connectivity index (χ0) is 13.7. The van der Waals surface area contributed by atoms with Crippen molar-refractivity contribution in [2.75, 3.05) is 13.7 Å². The Labute approximate surface area is 119 Å². The van der Waals surface area contributed by atoms with Gasteiger partial charge in [-0.25, -0.2) is 0 Å². The highest BCUT2D eigenvalue weighted by molar-refractivity contribution is 7.17. The van der Waals surface area contributed by atoms with Gasteiger partial charge >= 0.3 is 0 Å². The smallest absolute Gasteiger partial charge is 0.0766 e. The summed E-state index contributed by atoms with van der Waals surface area (Å²) in [5.41, 5.74) is 1.37. The minimum absolute atomic E-state index is 0.234. The topological polar surface area (TPSA) is 21.3 Å². The lowest BCUT2D eigenvalue weighted by molar-refractivity contribution is 0.0616. The lowest BCUT2D eigenvalue weighted by atomic mass is 9.97. The van der Waals surface area contributed by atoms with Crippen LogP contribution in [0.1, 0.15) is 38.3 Å². The Kier molecular flexibility index (Phi) is 5.37. The molecule has 0 aliphatic carbocycles. The molecule has 0 saturated heterocycles. The fraction of sp³-hybridized carbons (Fsp3) is 0.500. The number of hydrogen-bond donors (Lipinski definition) is 1. The summed E-state index contributed by atoms with van der Waals surface area (Å²) in [5.74, 6) is 0. The number of fused-ring (bicyclic) bond motifs is 1. The number of thiophene rings is 1. The molecule has 2 unspecified atom stereocenters. The van der Waals surface area contributed by atoms with Crippen LogP contribution in [0.4, 0.5) is 0 Å². The fourth-order valence-electron chi connectivity index (χ4n) is 2.63. The van der Waals surface area contributed by atoms with Crippen molar-refractivity contribution < 1.29 is 4.74 Å². The number of benzene rings is 1. The van der Waals surface area contributed by atoms with Gasteiger partial charge in [-0.05, 0) is 35.4 Å². The van der Waals surface area contributed by atoms with E-state index in [2.05, 4.69) is 48.8 Å². The summed E-state index contributed by atoms with van der Waals surface area (Å²) < 4.78 is 7.11. The van der Waals surface area contributed by atoms with Gasteiger partial charge in [-0.3, -0.25) is 0 Å². The maximum atomic E-state index is 5.73. The molecule has 0 amide bonds. The van der Waals surface area contributed by atoms with E-state index in [1.165, 1.54) is 15.6 Å². The molecule has 1 aromatic carbocycles. The van der Waals surface area contributed by atoms with Crippen LogP contribution in [0.15, 0.2) is 29.6 Å². The van der Waals surface area contributed by atoms with Gasteiger partial charge < -0.3 is 10.1 Å². The van der Waals surface area contributed by atoms with Crippen LogP contribution < -0.4 is 5.32 Å². The maximum Gasteiger partial charge on any atom is 0.0766 e. The van der Waals surface area contributed by atoms with Gasteiger partial charge in [0.15, 0.2) is 0 Å². The van der Waals surface area contributed by atoms with Gasteiger partial charge in [0.05, 0.1) is 12.1 Å². The largest absolute Gasteiger partial charge is 0.379 e. The molecule has 19 heavy (non-hydrogen) atoms. The molecule has 0 aliphatic rings. The van der Waals surface area contributed by atoms with Gasteiger partial charge in [-0.2, -0.15) is 0 Å². The van der Waals surface area contributed by atoms with E-state index in [1.807, 2.05) is 18.4 Å². The first-order chi connectivity index (χ1) is 9.31. The Hall–Kier alpha value is -0.900. The summed E-state index contributed by atoms with van der Waals surface area (Å²) in [4.78, 5) is 0. The molecule has 1 N–H and O–H groups in total. The van der Waals surface area contributed by atoms with Gasteiger partial charge in [0.25, 0.3) is 0 Å². The van der Waals surface area contributed by atoms with Crippen molar-refractivity contribution in [2.45, 2.75) is 38.8 Å². The lowest BCUT2D eigenvalue weighted by Gasteiger charge is -2.27. The predicted octanol–water partition coefficient (Wildman–Crippen LogP) is 4.37. The molecule has 0 spiro atoms. The maximum absolute atomic E-state index is 5.73. The van der Waals surface area contributed by atoms with Crippen LogP contribution >= 0.6 is 11.3 Å². The molecule has 0 aliphatic heterocycles. The molecule has 1 aromatic heterocycles. The van der Waals surface area contributed by atoms with Crippen molar-refractivity contribution in [3.8, 4) is 0 Å². The minimum atomic E-state index is 0.234. The van der Waals surface area contributed by atoms with Crippen molar-refractivity contribution in [1.82, 2.24) is 5.32 Å². The van der Waals surface area contributed by atoms with Gasteiger partial charge in [-0.15, -0.1) is 11.3 Å². The molecule has 2 aromatic rings. The van der Waals surface area contributed by atoms with Crippen LogP contribution in [-0.4, -0.2) is 19.8 Å². The average molecular weight is 277 g/mol. The molecular weight excluding hydrogens is 254 g/mol. The average Bonchev–Trinajstić information content (AvgIpc) is 2.91. The van der Waals surface area contributed by atoms with E-state index in [9.17, 15) is 0 Å². The van der Waals surface area contributed by atoms with E-state index in [-0.39, 0.29) is 12.1 Å². The molecule has 0 saturated carbocycles. The highest BCUT2D eigenvalue weighted by atomic mass is 32.1. The van der Waals surface area contributed by atoms with Gasteiger partial charge in [-0.1, -0.05) is 38.5 Å². The second-order valence-electron chi connectivity index (χ2n) is 4.78. The van der Waals surface area contributed by atoms with Crippen LogP contribution in [0.5, 0.6) is 0 Å². The van der Waals surface area contributed by atoms with Gasteiger partial charge in [0.2, 0.25) is 0 Å². The third kappa shape index (κ3) is 3.16. The molecule has 0 bridgehead atoms. The highest BCUT2D eigenvalue weighted by Gasteiger charge is 2.23. The Bertz CT molecular complexity index is 508. The molecule has 1 heterocycles. The lowest BCUT2D eigenvalue weighted by Crippen LogP contribution is -2.33. The fourth-order valence-corrected chi connectivity index (χ4v) is 3.58. The zero-order valence-electron chi connectivity index (χ0n) is 12.0. The summed E-state index contributed by atoms with van der Waals surface area (Å²) in [6, 6.07) is 9.02. The van der Waals surface area contributed by atoms with Crippen molar-refractivity contribution in [3.63, 3.8) is 0 Å². The number of likely N-dealkylation sites (N-methyl/N-ethyl adjacent to an activating group) is 1. The first kappa shape index (κ1) is 14.5. The second-order valence-corrected chi connectivity index (χ2v) is 5.70. The number of methoxy groups -OCH3 is 1. The van der Waals surface area contributed by atoms with E-state index >= 15 is 0 Å². The second kappa shape index (κ2) is 7.04. The van der Waals surface area contributed by atoms with Crippen molar-refractivity contribution in [1.29, 1.82) is 0 Å². The van der Waals surface area contributed by atoms with Crippen LogP contribution in [0.2, 0.25) is 0 Å². The summed E-state index contributed by atoms with van der Waals surface area (Å²) in [5, 5.41) is 7.09. The quantitative estimate of drug-likeness (QED) is 0.811. The highest BCUT2D eigenvalue weighted by Crippen LogP contribution is 2.32. The first-order valence-corrected chi connectivity index (χ1v) is 7.92. The summed E-state index contributed by atoms with van der Waals surface area (Å²) in [7, 11) is 1.82. The van der Waals surface area contributed by atoms with Gasteiger partial charge in [0.1, 0.15) is 0 Å². The number of hydrogen-bond acceptors (Lipinski definition) is 3. The Balaban J connectivity index is 2.39. The molecule has 0 fully saturated rings. The van der Waals surface area contributed by atoms with Crippen molar-refractivity contribution >= 4 is 21.4 Å². The van der Waals surface area contributed by atoms with E-state index in [0.717, 1.165) is 19.4 Å². The summed E-state index contributed by atoms with van der Waals surface area (Å²) in [6.07, 6.45) is 2.45. The molecule has 104 valence electrons. The monoisotopic (exact) mass is 277 g/mol. The SMILES string of the molecule is CCCC(OC)C(NCC)c1cccc2ccsc12. The molecule has 2 nitrogen and oxygen atoms in total. The Morgan fingerprint density at radius 1 is 1.26 bits per heavy atom. The molecular formula is C16H23NOS. The van der Waals surface area contributed by atoms with E-state index in [0.29, 0.717) is 0 Å². The minimum Gasteiger partial charge on any atom is -0.379 e. The zero-order valence-corrected chi connectivity index (χ0v) is 12.8. The number of nitrogens with one attached hydrogen (secondary N) is 1. The molecule has 2 atom stereocenters. The van der Waals surface area contributed by atoms with E-state index < -0.39 is 0 Å². The Morgan fingerprint density at radius 3 is 2.79 bits per heavy atom. The Morgan fingerprint density at radius 2 is 2.11 bits per heavy atom. The summed E-state index contributed by atoms with van der Waals surface area (Å²) in [6.45, 7) is 5.32. The third-order valence-corrected chi connectivity index (χ3v) is 4.50. The number of ether oxygens (including phenoxy) is 1. The van der Waals surface area contributed by atoms with E-state index in [4.69, 9.17) is 4.74 Å².